The molecule has 0 unspecified atom stereocenters. The maximum absolute atomic E-state index is 12.7. The molecule has 0 aromatic heterocycles. The first kappa shape index (κ1) is 18.2. The number of hydrogen-bond acceptors (Lipinski definition) is 5. The van der Waals surface area contributed by atoms with Crippen LogP contribution in [0.1, 0.15) is 24.8 Å². The van der Waals surface area contributed by atoms with E-state index in [1.54, 1.807) is 7.11 Å². The van der Waals surface area contributed by atoms with Gasteiger partial charge in [-0.3, -0.25) is 9.69 Å². The summed E-state index contributed by atoms with van der Waals surface area (Å²) in [6, 6.07) is 7.94. The van der Waals surface area contributed by atoms with E-state index in [2.05, 4.69) is 17.0 Å². The lowest BCUT2D eigenvalue weighted by Crippen LogP contribution is -2.52. The number of carbonyl (C=O) groups is 1. The molecule has 6 heteroatoms. The van der Waals surface area contributed by atoms with Gasteiger partial charge in [-0.05, 0) is 37.0 Å². The molecule has 1 aromatic carbocycles. The molecule has 6 nitrogen and oxygen atoms in total. The van der Waals surface area contributed by atoms with Crippen molar-refractivity contribution in [3.63, 3.8) is 0 Å². The van der Waals surface area contributed by atoms with Gasteiger partial charge in [0.05, 0.1) is 13.2 Å². The zero-order chi connectivity index (χ0) is 17.8. The SMILES string of the molecule is COc1cccc(CN2CCN(C(=O)[C@H]3CC[C@H](N)[C@@H](O)C3)CC2)c1. The minimum absolute atomic E-state index is 0.0697. The van der Waals surface area contributed by atoms with E-state index < -0.39 is 6.10 Å². The van der Waals surface area contributed by atoms with Gasteiger partial charge in [0.1, 0.15) is 5.75 Å². The molecule has 0 radical (unpaired) electrons. The number of methoxy groups -OCH3 is 1. The first-order valence-electron chi connectivity index (χ1n) is 9.14. The number of aliphatic hydroxyl groups is 1. The topological polar surface area (TPSA) is 79.0 Å². The number of nitrogens with two attached hydrogens (primary N) is 1. The number of amides is 1. The summed E-state index contributed by atoms with van der Waals surface area (Å²) >= 11 is 0. The third kappa shape index (κ3) is 4.51. The molecule has 3 atom stereocenters. The highest BCUT2D eigenvalue weighted by molar-refractivity contribution is 5.79. The summed E-state index contributed by atoms with van der Waals surface area (Å²) in [5.41, 5.74) is 7.07. The monoisotopic (exact) mass is 347 g/mol. The maximum atomic E-state index is 12.7. The lowest BCUT2D eigenvalue weighted by atomic mass is 9.83. The van der Waals surface area contributed by atoms with Crippen molar-refractivity contribution in [3.8, 4) is 5.75 Å². The van der Waals surface area contributed by atoms with E-state index in [9.17, 15) is 9.90 Å². The summed E-state index contributed by atoms with van der Waals surface area (Å²) in [6.07, 6.45) is 1.48. The Hall–Kier alpha value is -1.63. The van der Waals surface area contributed by atoms with E-state index in [0.717, 1.165) is 51.3 Å². The number of piperazine rings is 1. The highest BCUT2D eigenvalue weighted by atomic mass is 16.5. The average Bonchev–Trinajstić information content (AvgIpc) is 2.64. The second-order valence-corrected chi connectivity index (χ2v) is 7.19. The van der Waals surface area contributed by atoms with Crippen molar-refractivity contribution in [2.24, 2.45) is 11.7 Å². The molecular weight excluding hydrogens is 318 g/mol. The van der Waals surface area contributed by atoms with Crippen LogP contribution in [-0.4, -0.2) is 66.2 Å². The van der Waals surface area contributed by atoms with E-state index in [0.29, 0.717) is 6.42 Å². The van der Waals surface area contributed by atoms with Crippen LogP contribution >= 0.6 is 0 Å². The van der Waals surface area contributed by atoms with Crippen LogP contribution in [0.4, 0.5) is 0 Å². The van der Waals surface area contributed by atoms with Gasteiger partial charge in [0.15, 0.2) is 0 Å². The number of rotatable bonds is 4. The highest BCUT2D eigenvalue weighted by Crippen LogP contribution is 2.26. The lowest BCUT2D eigenvalue weighted by Gasteiger charge is -2.38. The van der Waals surface area contributed by atoms with Gasteiger partial charge >= 0.3 is 0 Å². The van der Waals surface area contributed by atoms with Gasteiger partial charge in [-0.15, -0.1) is 0 Å². The number of aliphatic hydroxyl groups excluding tert-OH is 1. The van der Waals surface area contributed by atoms with Gasteiger partial charge in [0.25, 0.3) is 0 Å². The van der Waals surface area contributed by atoms with Crippen LogP contribution in [0, 0.1) is 5.92 Å². The standard InChI is InChI=1S/C19H29N3O3/c1-25-16-4-2-3-14(11-16)13-21-7-9-22(10-8-21)19(24)15-5-6-17(20)18(23)12-15/h2-4,11,15,17-18,23H,5-10,12-13,20H2,1H3/t15-,17-,18-/m0/s1. The van der Waals surface area contributed by atoms with Crippen molar-refractivity contribution in [2.75, 3.05) is 33.3 Å². The number of hydrogen-bond donors (Lipinski definition) is 2. The Labute approximate surface area is 149 Å². The van der Waals surface area contributed by atoms with E-state index in [1.807, 2.05) is 17.0 Å². The summed E-state index contributed by atoms with van der Waals surface area (Å²) in [5.74, 6) is 0.993. The molecule has 0 spiro atoms. The molecule has 138 valence electrons. The minimum atomic E-state index is -0.544. The minimum Gasteiger partial charge on any atom is -0.497 e. The van der Waals surface area contributed by atoms with E-state index in [1.165, 1.54) is 5.56 Å². The number of nitrogens with zero attached hydrogens (tertiary/aromatic N) is 2. The van der Waals surface area contributed by atoms with Crippen molar-refractivity contribution in [2.45, 2.75) is 38.0 Å². The molecule has 25 heavy (non-hydrogen) atoms. The number of carbonyl (C=O) groups excluding carboxylic acids is 1. The Morgan fingerprint density at radius 1 is 1.28 bits per heavy atom. The normalized spacial score (nSPS) is 28.0. The van der Waals surface area contributed by atoms with Gasteiger partial charge in [-0.2, -0.15) is 0 Å². The van der Waals surface area contributed by atoms with Crippen LogP contribution in [0.5, 0.6) is 5.75 Å². The van der Waals surface area contributed by atoms with Crippen molar-refractivity contribution < 1.29 is 14.6 Å². The van der Waals surface area contributed by atoms with Crippen molar-refractivity contribution in [3.05, 3.63) is 29.8 Å². The highest BCUT2D eigenvalue weighted by Gasteiger charge is 2.34. The van der Waals surface area contributed by atoms with E-state index in [-0.39, 0.29) is 17.9 Å². The average molecular weight is 347 g/mol. The lowest BCUT2D eigenvalue weighted by molar-refractivity contribution is -0.140. The fourth-order valence-electron chi connectivity index (χ4n) is 3.81. The van der Waals surface area contributed by atoms with Crippen molar-refractivity contribution in [1.29, 1.82) is 0 Å². The molecule has 1 aliphatic heterocycles. The number of ether oxygens (including phenoxy) is 1. The van der Waals surface area contributed by atoms with Gasteiger partial charge < -0.3 is 20.5 Å². The zero-order valence-electron chi connectivity index (χ0n) is 14.9. The molecule has 2 fully saturated rings. The van der Waals surface area contributed by atoms with Gasteiger partial charge in [-0.25, -0.2) is 0 Å². The third-order valence-electron chi connectivity index (χ3n) is 5.44. The largest absolute Gasteiger partial charge is 0.497 e. The summed E-state index contributed by atoms with van der Waals surface area (Å²) in [6.45, 7) is 4.12. The molecule has 1 amide bonds. The first-order valence-corrected chi connectivity index (χ1v) is 9.14. The quantitative estimate of drug-likeness (QED) is 0.843. The van der Waals surface area contributed by atoms with Crippen molar-refractivity contribution >= 4 is 5.91 Å². The molecule has 1 aliphatic carbocycles. The Kier molecular flexibility index (Phi) is 5.93. The van der Waals surface area contributed by atoms with Crippen LogP contribution in [0.25, 0.3) is 0 Å². The van der Waals surface area contributed by atoms with E-state index in [4.69, 9.17) is 10.5 Å². The molecule has 1 heterocycles. The Morgan fingerprint density at radius 3 is 2.72 bits per heavy atom. The molecule has 2 aliphatic rings. The van der Waals surface area contributed by atoms with Gasteiger partial charge in [0, 0.05) is 44.7 Å². The first-order chi connectivity index (χ1) is 12.1. The molecule has 3 rings (SSSR count). The molecular formula is C19H29N3O3. The maximum Gasteiger partial charge on any atom is 0.225 e. The molecule has 1 aromatic rings. The predicted molar refractivity (Wildman–Crippen MR) is 96.2 cm³/mol. The molecule has 1 saturated heterocycles. The van der Waals surface area contributed by atoms with Crippen molar-refractivity contribution in [1.82, 2.24) is 9.80 Å². The summed E-state index contributed by atoms with van der Waals surface area (Å²) in [7, 11) is 1.68. The summed E-state index contributed by atoms with van der Waals surface area (Å²) in [4.78, 5) is 17.0. The summed E-state index contributed by atoms with van der Waals surface area (Å²) in [5, 5.41) is 9.93. The Bertz CT molecular complexity index is 587. The van der Waals surface area contributed by atoms with Gasteiger partial charge in [-0.1, -0.05) is 12.1 Å². The summed E-state index contributed by atoms with van der Waals surface area (Å²) < 4.78 is 5.28. The van der Waals surface area contributed by atoms with Crippen LogP contribution in [0.3, 0.4) is 0 Å². The molecule has 1 saturated carbocycles. The smallest absolute Gasteiger partial charge is 0.225 e. The van der Waals surface area contributed by atoms with Crippen LogP contribution < -0.4 is 10.5 Å². The second-order valence-electron chi connectivity index (χ2n) is 7.19. The van der Waals surface area contributed by atoms with Crippen LogP contribution in [-0.2, 0) is 11.3 Å². The number of benzene rings is 1. The fourth-order valence-corrected chi connectivity index (χ4v) is 3.81. The predicted octanol–water partition coefficient (Wildman–Crippen LogP) is 0.828. The van der Waals surface area contributed by atoms with Gasteiger partial charge in [0.2, 0.25) is 5.91 Å². The Morgan fingerprint density at radius 2 is 2.04 bits per heavy atom. The third-order valence-corrected chi connectivity index (χ3v) is 5.44. The van der Waals surface area contributed by atoms with Crippen LogP contribution in [0.2, 0.25) is 0 Å². The van der Waals surface area contributed by atoms with E-state index >= 15 is 0 Å². The molecule has 0 bridgehead atoms. The fraction of sp³-hybridized carbons (Fsp3) is 0.632. The Balaban J connectivity index is 1.49. The zero-order valence-corrected chi connectivity index (χ0v) is 14.9. The van der Waals surface area contributed by atoms with Crippen LogP contribution in [0.15, 0.2) is 24.3 Å². The molecule has 3 N–H and O–H groups in total. The second kappa shape index (κ2) is 8.17.